The number of hydrogen-bond acceptors (Lipinski definition) is 4. The van der Waals surface area contributed by atoms with Gasteiger partial charge in [-0.25, -0.2) is 0 Å². The largest absolute Gasteiger partial charge is 0.481 e. The van der Waals surface area contributed by atoms with E-state index in [0.29, 0.717) is 32.5 Å². The number of benzene rings is 3. The van der Waals surface area contributed by atoms with Crippen LogP contribution in [0.1, 0.15) is 74.8 Å². The quantitative estimate of drug-likeness (QED) is 0.414. The molecule has 1 aliphatic carbocycles. The van der Waals surface area contributed by atoms with Crippen molar-refractivity contribution in [2.24, 2.45) is 11.3 Å². The number of aryl methyl sites for hydroxylation is 2. The zero-order valence-electron chi connectivity index (χ0n) is 24.8. The van der Waals surface area contributed by atoms with Crippen molar-refractivity contribution in [1.29, 1.82) is 0 Å². The molecular weight excluding hydrogens is 528 g/mol. The van der Waals surface area contributed by atoms with Crippen LogP contribution in [0.2, 0.25) is 0 Å². The van der Waals surface area contributed by atoms with Gasteiger partial charge >= 0.3 is 5.97 Å². The van der Waals surface area contributed by atoms with Gasteiger partial charge in [-0.15, -0.1) is 0 Å². The number of anilines is 1. The van der Waals surface area contributed by atoms with Crippen LogP contribution in [-0.4, -0.2) is 53.5 Å². The lowest BCUT2D eigenvalue weighted by atomic mass is 9.91. The number of carboxylic acid groups (broad SMARTS) is 1. The molecule has 1 fully saturated rings. The number of rotatable bonds is 5. The lowest BCUT2D eigenvalue weighted by Gasteiger charge is -2.33. The van der Waals surface area contributed by atoms with Crippen molar-refractivity contribution < 1.29 is 24.2 Å². The van der Waals surface area contributed by atoms with Gasteiger partial charge in [0.05, 0.1) is 18.0 Å². The Kier molecular flexibility index (Phi) is 7.56. The molecule has 2 atom stereocenters. The van der Waals surface area contributed by atoms with E-state index >= 15 is 0 Å². The Balaban J connectivity index is 1.43. The third kappa shape index (κ3) is 5.54. The third-order valence-electron chi connectivity index (χ3n) is 8.95. The van der Waals surface area contributed by atoms with Crippen molar-refractivity contribution in [3.8, 4) is 0 Å². The van der Waals surface area contributed by atoms with Gasteiger partial charge in [-0.2, -0.15) is 0 Å². The Labute approximate surface area is 247 Å². The van der Waals surface area contributed by atoms with Crippen molar-refractivity contribution in [1.82, 2.24) is 4.90 Å². The molecule has 7 heteroatoms. The molecule has 220 valence electrons. The first kappa shape index (κ1) is 28.4. The standard InChI is InChI=1S/C35H40N2O5/c1-35(2,3)21-37-29-19-25-11-6-10-24(25)18-28(29)32(27-13-7-9-22-8-4-5-12-26(22)27)42-30(33(37)39)20-31(38)36-16-14-23(15-17-36)34(40)41/h4-5,7-9,12-13,18-19,23,30,32H,6,10-11,14-17,20-21H2,1-3H3,(H,40,41)/t30-,32-/m0/s1. The van der Waals surface area contributed by atoms with Crippen LogP contribution >= 0.6 is 0 Å². The molecule has 0 unspecified atom stereocenters. The summed E-state index contributed by atoms with van der Waals surface area (Å²) in [6.45, 7) is 7.61. The second kappa shape index (κ2) is 11.2. The highest BCUT2D eigenvalue weighted by molar-refractivity contribution is 6.01. The second-order valence-corrected chi connectivity index (χ2v) is 13.3. The van der Waals surface area contributed by atoms with Gasteiger partial charge in [0, 0.05) is 25.2 Å². The maximum atomic E-state index is 14.4. The molecule has 1 N–H and O–H groups in total. The van der Waals surface area contributed by atoms with Crippen LogP contribution in [0, 0.1) is 11.3 Å². The van der Waals surface area contributed by atoms with E-state index in [4.69, 9.17) is 4.74 Å². The van der Waals surface area contributed by atoms with Crippen molar-refractivity contribution in [3.05, 3.63) is 76.9 Å². The second-order valence-electron chi connectivity index (χ2n) is 13.3. The lowest BCUT2D eigenvalue weighted by molar-refractivity contribution is -0.148. The first-order valence-electron chi connectivity index (χ1n) is 15.2. The fraction of sp³-hybridized carbons (Fsp3) is 0.457. The highest BCUT2D eigenvalue weighted by Crippen LogP contribution is 2.44. The molecule has 2 amide bonds. The Morgan fingerprint density at radius 1 is 0.952 bits per heavy atom. The summed E-state index contributed by atoms with van der Waals surface area (Å²) in [4.78, 5) is 43.1. The Bertz CT molecular complexity index is 1530. The first-order valence-corrected chi connectivity index (χ1v) is 15.2. The Hall–Kier alpha value is -3.71. The summed E-state index contributed by atoms with van der Waals surface area (Å²) in [7, 11) is 0. The smallest absolute Gasteiger partial charge is 0.306 e. The fourth-order valence-electron chi connectivity index (χ4n) is 6.82. The van der Waals surface area contributed by atoms with Gasteiger partial charge < -0.3 is 19.6 Å². The molecule has 3 aliphatic rings. The molecule has 2 heterocycles. The number of ether oxygens (including phenoxy) is 1. The molecule has 2 aliphatic heterocycles. The molecule has 3 aromatic rings. The number of nitrogens with zero attached hydrogens (tertiary/aromatic N) is 2. The monoisotopic (exact) mass is 568 g/mol. The SMILES string of the molecule is CC(C)(C)CN1C(=O)[C@H](CC(=O)N2CCC(C(=O)O)CC2)O[C@@H](c2cccc3ccccc23)c2cc3c(cc21)CCC3. The summed E-state index contributed by atoms with van der Waals surface area (Å²) < 4.78 is 6.84. The van der Waals surface area contributed by atoms with Crippen LogP contribution in [0.3, 0.4) is 0 Å². The van der Waals surface area contributed by atoms with Crippen LogP contribution in [0.25, 0.3) is 10.8 Å². The summed E-state index contributed by atoms with van der Waals surface area (Å²) in [6, 6.07) is 18.8. The number of carbonyl (C=O) groups is 3. The number of carbonyl (C=O) groups excluding carboxylic acids is 2. The van der Waals surface area contributed by atoms with Crippen LogP contribution in [-0.2, 0) is 32.0 Å². The molecule has 3 aromatic carbocycles. The van der Waals surface area contributed by atoms with Crippen LogP contribution in [0.4, 0.5) is 5.69 Å². The number of likely N-dealkylation sites (tertiary alicyclic amines) is 1. The average molecular weight is 569 g/mol. The molecule has 1 saturated heterocycles. The summed E-state index contributed by atoms with van der Waals surface area (Å²) in [6.07, 6.45) is 2.37. The first-order chi connectivity index (χ1) is 20.1. The number of carboxylic acids is 1. The highest BCUT2D eigenvalue weighted by atomic mass is 16.5. The molecule has 0 saturated carbocycles. The van der Waals surface area contributed by atoms with Crippen molar-refractivity contribution >= 4 is 34.2 Å². The summed E-state index contributed by atoms with van der Waals surface area (Å²) in [5.74, 6) is -1.61. The summed E-state index contributed by atoms with van der Waals surface area (Å²) in [5, 5.41) is 11.6. The minimum absolute atomic E-state index is 0.0772. The van der Waals surface area contributed by atoms with E-state index in [1.807, 2.05) is 23.1 Å². The Morgan fingerprint density at radius 2 is 1.64 bits per heavy atom. The highest BCUT2D eigenvalue weighted by Gasteiger charge is 2.41. The number of amides is 2. The lowest BCUT2D eigenvalue weighted by Crippen LogP contribution is -2.47. The van der Waals surface area contributed by atoms with E-state index in [0.717, 1.165) is 46.8 Å². The molecule has 0 spiro atoms. The Morgan fingerprint density at radius 3 is 2.36 bits per heavy atom. The fourth-order valence-corrected chi connectivity index (χ4v) is 6.82. The maximum absolute atomic E-state index is 14.4. The predicted molar refractivity (Wildman–Crippen MR) is 162 cm³/mol. The van der Waals surface area contributed by atoms with Crippen molar-refractivity contribution in [2.45, 2.75) is 71.5 Å². The summed E-state index contributed by atoms with van der Waals surface area (Å²) >= 11 is 0. The molecule has 6 rings (SSSR count). The average Bonchev–Trinajstić information content (AvgIpc) is 3.40. The van der Waals surface area contributed by atoms with Gasteiger partial charge in [-0.1, -0.05) is 69.3 Å². The van der Waals surface area contributed by atoms with Crippen LogP contribution in [0.15, 0.2) is 54.6 Å². The van der Waals surface area contributed by atoms with E-state index in [2.05, 4.69) is 57.2 Å². The van der Waals surface area contributed by atoms with E-state index in [9.17, 15) is 19.5 Å². The zero-order valence-corrected chi connectivity index (χ0v) is 24.8. The number of fused-ring (bicyclic) bond motifs is 3. The molecule has 0 aromatic heterocycles. The van der Waals surface area contributed by atoms with Gasteiger partial charge in [0.1, 0.15) is 12.2 Å². The third-order valence-corrected chi connectivity index (χ3v) is 8.95. The number of aliphatic carboxylic acids is 1. The van der Waals surface area contributed by atoms with Gasteiger partial charge in [-0.3, -0.25) is 14.4 Å². The van der Waals surface area contributed by atoms with E-state index in [1.165, 1.54) is 11.1 Å². The van der Waals surface area contributed by atoms with E-state index < -0.39 is 24.1 Å². The summed E-state index contributed by atoms with van der Waals surface area (Å²) in [5.41, 5.74) is 5.25. The molecular formula is C35H40N2O5. The van der Waals surface area contributed by atoms with E-state index in [1.54, 1.807) is 4.90 Å². The van der Waals surface area contributed by atoms with Crippen LogP contribution in [0.5, 0.6) is 0 Å². The maximum Gasteiger partial charge on any atom is 0.306 e. The molecule has 42 heavy (non-hydrogen) atoms. The van der Waals surface area contributed by atoms with E-state index in [-0.39, 0.29) is 23.7 Å². The van der Waals surface area contributed by atoms with Gasteiger partial charge in [0.15, 0.2) is 0 Å². The van der Waals surface area contributed by atoms with Crippen LogP contribution < -0.4 is 4.90 Å². The topological polar surface area (TPSA) is 87.2 Å². The molecule has 7 nitrogen and oxygen atoms in total. The zero-order chi connectivity index (χ0) is 29.6. The predicted octanol–water partition coefficient (Wildman–Crippen LogP) is 5.91. The van der Waals surface area contributed by atoms with Gasteiger partial charge in [0.25, 0.3) is 5.91 Å². The molecule has 0 radical (unpaired) electrons. The number of hydrogen-bond donors (Lipinski definition) is 1. The minimum Gasteiger partial charge on any atom is -0.481 e. The number of piperidine rings is 1. The van der Waals surface area contributed by atoms with Crippen molar-refractivity contribution in [3.63, 3.8) is 0 Å². The van der Waals surface area contributed by atoms with Gasteiger partial charge in [0.2, 0.25) is 5.91 Å². The minimum atomic E-state index is -0.969. The normalized spacial score (nSPS) is 21.3. The molecule has 0 bridgehead atoms. The van der Waals surface area contributed by atoms with Gasteiger partial charge in [-0.05, 0) is 71.0 Å². The van der Waals surface area contributed by atoms with Crippen molar-refractivity contribution in [2.75, 3.05) is 24.5 Å².